The van der Waals surface area contributed by atoms with Gasteiger partial charge >= 0.3 is 0 Å². The Bertz CT molecular complexity index is 797. The largest absolute Gasteiger partial charge is 0.494 e. The average molecular weight is 287 g/mol. The monoisotopic (exact) mass is 287 g/mol. The first-order valence-corrected chi connectivity index (χ1v) is 6.78. The van der Waals surface area contributed by atoms with Crippen molar-refractivity contribution in [3.05, 3.63) is 58.9 Å². The molecule has 5 heteroatoms. The van der Waals surface area contributed by atoms with E-state index in [2.05, 4.69) is 4.98 Å². The predicted octanol–water partition coefficient (Wildman–Crippen LogP) is 3.68. The van der Waals surface area contributed by atoms with E-state index in [0.29, 0.717) is 5.56 Å². The van der Waals surface area contributed by atoms with Crippen LogP contribution >= 0.6 is 11.3 Å². The van der Waals surface area contributed by atoms with Gasteiger partial charge in [-0.15, -0.1) is 11.3 Å². The highest BCUT2D eigenvalue weighted by molar-refractivity contribution is 7.16. The molecule has 0 saturated carbocycles. The predicted molar refractivity (Wildman–Crippen MR) is 76.0 cm³/mol. The first kappa shape index (κ1) is 12.7. The second-order valence-electron chi connectivity index (χ2n) is 4.21. The molecule has 20 heavy (non-hydrogen) atoms. The zero-order chi connectivity index (χ0) is 14.1. The number of hydrogen-bond acceptors (Lipinski definition) is 4. The number of carbonyl (C=O) groups excluding carboxylic acids is 1. The third-order valence-electron chi connectivity index (χ3n) is 3.01. The van der Waals surface area contributed by atoms with E-state index >= 15 is 0 Å². The van der Waals surface area contributed by atoms with Crippen molar-refractivity contribution in [2.45, 2.75) is 0 Å². The van der Waals surface area contributed by atoms with Crippen molar-refractivity contribution in [2.75, 3.05) is 7.11 Å². The Labute approximate surface area is 118 Å². The van der Waals surface area contributed by atoms with Gasteiger partial charge in [-0.2, -0.15) is 0 Å². The highest BCUT2D eigenvalue weighted by Crippen LogP contribution is 2.23. The van der Waals surface area contributed by atoms with Crippen LogP contribution in [0.4, 0.5) is 4.39 Å². The Morgan fingerprint density at radius 2 is 1.95 bits per heavy atom. The lowest BCUT2D eigenvalue weighted by Gasteiger charge is -2.05. The molecule has 0 saturated heterocycles. The Morgan fingerprint density at radius 3 is 2.70 bits per heavy atom. The molecule has 3 rings (SSSR count). The van der Waals surface area contributed by atoms with E-state index < -0.39 is 5.82 Å². The zero-order valence-electron chi connectivity index (χ0n) is 10.6. The summed E-state index contributed by atoms with van der Waals surface area (Å²) in [6.07, 6.45) is 0. The smallest absolute Gasteiger partial charge is 0.193 e. The molecule has 0 atom stereocenters. The number of fused-ring (bicyclic) bond motifs is 1. The topological polar surface area (TPSA) is 39.2 Å². The summed E-state index contributed by atoms with van der Waals surface area (Å²) in [5, 5.41) is 0. The third-order valence-corrected chi connectivity index (χ3v) is 3.82. The molecule has 0 aliphatic heterocycles. The van der Waals surface area contributed by atoms with Crippen molar-refractivity contribution < 1.29 is 13.9 Å². The van der Waals surface area contributed by atoms with Crippen LogP contribution < -0.4 is 4.74 Å². The van der Waals surface area contributed by atoms with E-state index in [-0.39, 0.29) is 17.1 Å². The molecule has 1 aromatic heterocycles. The summed E-state index contributed by atoms with van der Waals surface area (Å²) >= 11 is 1.51. The minimum Gasteiger partial charge on any atom is -0.494 e. The van der Waals surface area contributed by atoms with Gasteiger partial charge in [-0.05, 0) is 36.4 Å². The van der Waals surface area contributed by atoms with Gasteiger partial charge in [-0.3, -0.25) is 4.79 Å². The Hall–Kier alpha value is -2.27. The van der Waals surface area contributed by atoms with Gasteiger partial charge in [0.2, 0.25) is 0 Å². The number of carbonyl (C=O) groups is 1. The van der Waals surface area contributed by atoms with Gasteiger partial charge in [0.1, 0.15) is 0 Å². The summed E-state index contributed by atoms with van der Waals surface area (Å²) in [7, 11) is 1.38. The van der Waals surface area contributed by atoms with Crippen molar-refractivity contribution in [1.29, 1.82) is 0 Å². The maximum absolute atomic E-state index is 13.6. The second-order valence-corrected chi connectivity index (χ2v) is 5.10. The number of rotatable bonds is 3. The van der Waals surface area contributed by atoms with Gasteiger partial charge in [0.05, 0.1) is 22.8 Å². The van der Waals surface area contributed by atoms with Gasteiger partial charge in [0, 0.05) is 11.1 Å². The molecule has 0 N–H and O–H groups in total. The average Bonchev–Trinajstić information content (AvgIpc) is 2.93. The maximum Gasteiger partial charge on any atom is 0.193 e. The summed E-state index contributed by atoms with van der Waals surface area (Å²) in [6, 6.07) is 9.48. The molecule has 0 radical (unpaired) electrons. The Balaban J connectivity index is 2.00. The SMILES string of the molecule is COc1ccc(C(=O)c2ccc3scnc3c2)cc1F. The highest BCUT2D eigenvalue weighted by Gasteiger charge is 2.13. The Morgan fingerprint density at radius 1 is 1.20 bits per heavy atom. The summed E-state index contributed by atoms with van der Waals surface area (Å²) in [4.78, 5) is 16.5. The van der Waals surface area contributed by atoms with E-state index in [1.54, 1.807) is 23.7 Å². The molecule has 0 aliphatic carbocycles. The number of thiazole rings is 1. The van der Waals surface area contributed by atoms with Crippen LogP contribution in [0.5, 0.6) is 5.75 Å². The summed E-state index contributed by atoms with van der Waals surface area (Å²) < 4.78 is 19.5. The van der Waals surface area contributed by atoms with Crippen LogP contribution in [0.15, 0.2) is 41.9 Å². The lowest BCUT2D eigenvalue weighted by atomic mass is 10.0. The number of methoxy groups -OCH3 is 1. The summed E-state index contributed by atoms with van der Waals surface area (Å²) in [5.74, 6) is -0.661. The molecule has 0 unspecified atom stereocenters. The summed E-state index contributed by atoms with van der Waals surface area (Å²) in [5.41, 5.74) is 3.28. The van der Waals surface area contributed by atoms with Gasteiger partial charge in [-0.1, -0.05) is 0 Å². The van der Waals surface area contributed by atoms with Crippen LogP contribution in [0.2, 0.25) is 0 Å². The number of ether oxygens (including phenoxy) is 1. The maximum atomic E-state index is 13.6. The Kier molecular flexibility index (Phi) is 3.20. The van der Waals surface area contributed by atoms with Gasteiger partial charge in [0.25, 0.3) is 0 Å². The number of aromatic nitrogens is 1. The molecule has 2 aromatic carbocycles. The fourth-order valence-electron chi connectivity index (χ4n) is 1.97. The fraction of sp³-hybridized carbons (Fsp3) is 0.0667. The van der Waals surface area contributed by atoms with E-state index in [0.717, 1.165) is 10.2 Å². The number of nitrogens with zero attached hydrogens (tertiary/aromatic N) is 1. The standard InChI is InChI=1S/C15H10FNO2S/c1-19-13-4-2-9(6-11(13)16)15(18)10-3-5-14-12(7-10)17-8-20-14/h2-8H,1H3. The lowest BCUT2D eigenvalue weighted by molar-refractivity contribution is 0.103. The molecule has 3 nitrogen and oxygen atoms in total. The molecule has 1 heterocycles. The van der Waals surface area contributed by atoms with E-state index in [1.807, 2.05) is 6.07 Å². The highest BCUT2D eigenvalue weighted by atomic mass is 32.1. The molecule has 0 bridgehead atoms. The zero-order valence-corrected chi connectivity index (χ0v) is 11.4. The number of ketones is 1. The number of halogens is 1. The molecular formula is C15H10FNO2S. The van der Waals surface area contributed by atoms with Crippen molar-refractivity contribution >= 4 is 27.3 Å². The van der Waals surface area contributed by atoms with Crippen LogP contribution in [0.25, 0.3) is 10.2 Å². The van der Waals surface area contributed by atoms with E-state index in [1.165, 1.54) is 30.6 Å². The van der Waals surface area contributed by atoms with Crippen molar-refractivity contribution in [1.82, 2.24) is 4.98 Å². The van der Waals surface area contributed by atoms with Crippen LogP contribution in [-0.4, -0.2) is 17.9 Å². The fourth-order valence-corrected chi connectivity index (χ4v) is 2.63. The van der Waals surface area contributed by atoms with E-state index in [9.17, 15) is 9.18 Å². The van der Waals surface area contributed by atoms with Crippen LogP contribution in [-0.2, 0) is 0 Å². The van der Waals surface area contributed by atoms with Crippen molar-refractivity contribution in [2.24, 2.45) is 0 Å². The molecule has 100 valence electrons. The summed E-state index contributed by atoms with van der Waals surface area (Å²) in [6.45, 7) is 0. The molecular weight excluding hydrogens is 277 g/mol. The number of benzene rings is 2. The first-order chi connectivity index (χ1) is 9.69. The van der Waals surface area contributed by atoms with Crippen LogP contribution in [0.3, 0.4) is 0 Å². The molecule has 0 spiro atoms. The quantitative estimate of drug-likeness (QED) is 0.690. The molecule has 3 aromatic rings. The van der Waals surface area contributed by atoms with Crippen LogP contribution in [0.1, 0.15) is 15.9 Å². The third kappa shape index (κ3) is 2.16. The second kappa shape index (κ2) is 5.02. The molecule has 0 fully saturated rings. The lowest BCUT2D eigenvalue weighted by Crippen LogP contribution is -2.02. The minimum absolute atomic E-state index is 0.122. The minimum atomic E-state index is -0.548. The molecule has 0 aliphatic rings. The van der Waals surface area contributed by atoms with Crippen molar-refractivity contribution in [3.63, 3.8) is 0 Å². The molecule has 0 amide bonds. The first-order valence-electron chi connectivity index (χ1n) is 5.90. The van der Waals surface area contributed by atoms with Crippen LogP contribution in [0, 0.1) is 5.82 Å². The van der Waals surface area contributed by atoms with Gasteiger partial charge < -0.3 is 4.74 Å². The normalized spacial score (nSPS) is 10.7. The van der Waals surface area contributed by atoms with Crippen molar-refractivity contribution in [3.8, 4) is 5.75 Å². The van der Waals surface area contributed by atoms with Gasteiger partial charge in [-0.25, -0.2) is 9.37 Å². The van der Waals surface area contributed by atoms with E-state index in [4.69, 9.17) is 4.74 Å². The van der Waals surface area contributed by atoms with Gasteiger partial charge in [0.15, 0.2) is 17.3 Å². The number of hydrogen-bond donors (Lipinski definition) is 0.